The van der Waals surface area contributed by atoms with Crippen molar-refractivity contribution in [3.05, 3.63) is 54.1 Å². The molecule has 3 heteroatoms. The Morgan fingerprint density at radius 1 is 1.09 bits per heavy atom. The number of rotatable bonds is 6. The van der Waals surface area contributed by atoms with Crippen molar-refractivity contribution < 1.29 is 9.53 Å². The fourth-order valence-electron chi connectivity index (χ4n) is 2.95. The molecule has 1 aliphatic rings. The minimum atomic E-state index is -0.0606. The Kier molecular flexibility index (Phi) is 5.30. The highest BCUT2D eigenvalue weighted by molar-refractivity contribution is 5.84. The van der Waals surface area contributed by atoms with Gasteiger partial charge in [0.25, 0.3) is 5.91 Å². The van der Waals surface area contributed by atoms with Crippen molar-refractivity contribution >= 4 is 16.7 Å². The normalized spacial score (nSPS) is 14.3. The van der Waals surface area contributed by atoms with Crippen LogP contribution in [0.25, 0.3) is 10.8 Å². The fraction of sp³-hybridized carbons (Fsp3) is 0.350. The van der Waals surface area contributed by atoms with Crippen LogP contribution in [0.4, 0.5) is 0 Å². The lowest BCUT2D eigenvalue weighted by atomic mass is 9.97. The van der Waals surface area contributed by atoms with Crippen molar-refractivity contribution in [1.29, 1.82) is 0 Å². The van der Waals surface area contributed by atoms with Crippen molar-refractivity contribution in [1.82, 2.24) is 5.32 Å². The molecule has 2 aromatic carbocycles. The van der Waals surface area contributed by atoms with Gasteiger partial charge in [0, 0.05) is 6.54 Å². The first-order chi connectivity index (χ1) is 11.3. The molecule has 0 aromatic heterocycles. The van der Waals surface area contributed by atoms with Crippen LogP contribution in [0, 0.1) is 0 Å². The number of carbonyl (C=O) groups excluding carboxylic acids is 1. The van der Waals surface area contributed by atoms with E-state index in [2.05, 4.69) is 17.5 Å². The van der Waals surface area contributed by atoms with Gasteiger partial charge >= 0.3 is 0 Å². The Labute approximate surface area is 137 Å². The third-order valence-corrected chi connectivity index (χ3v) is 4.24. The van der Waals surface area contributed by atoms with E-state index in [4.69, 9.17) is 4.74 Å². The van der Waals surface area contributed by atoms with Crippen LogP contribution in [0.2, 0.25) is 0 Å². The summed E-state index contributed by atoms with van der Waals surface area (Å²) in [5.41, 5.74) is 1.48. The molecule has 0 spiro atoms. The molecule has 23 heavy (non-hydrogen) atoms. The minimum Gasteiger partial charge on any atom is -0.484 e. The quantitative estimate of drug-likeness (QED) is 0.811. The topological polar surface area (TPSA) is 38.3 Å². The predicted octanol–water partition coefficient (Wildman–Crippen LogP) is 4.23. The van der Waals surface area contributed by atoms with Crippen molar-refractivity contribution in [3.63, 3.8) is 0 Å². The molecule has 120 valence electrons. The number of benzene rings is 2. The van der Waals surface area contributed by atoms with E-state index in [0.717, 1.165) is 17.6 Å². The van der Waals surface area contributed by atoms with Crippen molar-refractivity contribution in [3.8, 4) is 5.75 Å². The second-order valence-electron chi connectivity index (χ2n) is 6.01. The van der Waals surface area contributed by atoms with Gasteiger partial charge in [-0.15, -0.1) is 0 Å². The van der Waals surface area contributed by atoms with E-state index in [1.54, 1.807) is 0 Å². The molecule has 0 saturated heterocycles. The molecular weight excluding hydrogens is 286 g/mol. The highest BCUT2D eigenvalue weighted by Gasteiger charge is 2.06. The van der Waals surface area contributed by atoms with Gasteiger partial charge in [-0.05, 0) is 55.0 Å². The Morgan fingerprint density at radius 2 is 1.96 bits per heavy atom. The molecule has 1 N–H and O–H groups in total. The number of hydrogen-bond acceptors (Lipinski definition) is 2. The number of carbonyl (C=O) groups is 1. The zero-order valence-corrected chi connectivity index (χ0v) is 13.4. The molecule has 3 nitrogen and oxygen atoms in total. The summed E-state index contributed by atoms with van der Waals surface area (Å²) in [6.07, 6.45) is 8.24. The molecule has 0 radical (unpaired) electrons. The number of nitrogens with one attached hydrogen (secondary N) is 1. The van der Waals surface area contributed by atoms with Gasteiger partial charge in [0.15, 0.2) is 6.61 Å². The molecular formula is C20H23NO2. The summed E-state index contributed by atoms with van der Waals surface area (Å²) in [4.78, 5) is 11.9. The van der Waals surface area contributed by atoms with Crippen molar-refractivity contribution in [2.75, 3.05) is 13.2 Å². The molecule has 0 bridgehead atoms. The molecule has 2 aromatic rings. The molecule has 0 fully saturated rings. The average Bonchev–Trinajstić information content (AvgIpc) is 2.61. The largest absolute Gasteiger partial charge is 0.484 e. The van der Waals surface area contributed by atoms with Crippen LogP contribution in [-0.4, -0.2) is 19.1 Å². The molecule has 0 heterocycles. The zero-order valence-electron chi connectivity index (χ0n) is 13.4. The second kappa shape index (κ2) is 7.82. The van der Waals surface area contributed by atoms with Gasteiger partial charge in [0.2, 0.25) is 0 Å². The molecule has 1 aliphatic carbocycles. The number of ether oxygens (including phenoxy) is 1. The SMILES string of the molecule is O=C(COc1ccc2ccccc2c1)NCCC1=CCCCC1. The van der Waals surface area contributed by atoms with E-state index >= 15 is 0 Å². The monoisotopic (exact) mass is 309 g/mol. The van der Waals surface area contributed by atoms with E-state index in [1.807, 2.05) is 36.4 Å². The van der Waals surface area contributed by atoms with E-state index in [9.17, 15) is 4.79 Å². The summed E-state index contributed by atoms with van der Waals surface area (Å²) < 4.78 is 5.59. The lowest BCUT2D eigenvalue weighted by Gasteiger charge is -2.13. The van der Waals surface area contributed by atoms with Crippen LogP contribution in [0.1, 0.15) is 32.1 Å². The first-order valence-electron chi connectivity index (χ1n) is 8.37. The van der Waals surface area contributed by atoms with Gasteiger partial charge in [-0.25, -0.2) is 0 Å². The van der Waals surface area contributed by atoms with Crippen molar-refractivity contribution in [2.45, 2.75) is 32.1 Å². The molecule has 0 saturated carbocycles. The Balaban J connectivity index is 1.43. The summed E-state index contributed by atoms with van der Waals surface area (Å²) in [5, 5.41) is 5.22. The van der Waals surface area contributed by atoms with Crippen LogP contribution >= 0.6 is 0 Å². The zero-order chi connectivity index (χ0) is 15.9. The van der Waals surface area contributed by atoms with E-state index in [1.165, 1.54) is 36.6 Å². The summed E-state index contributed by atoms with van der Waals surface area (Å²) in [5.74, 6) is 0.670. The lowest BCUT2D eigenvalue weighted by Crippen LogP contribution is -2.30. The number of allylic oxidation sites excluding steroid dienone is 1. The molecule has 0 atom stereocenters. The number of fused-ring (bicyclic) bond motifs is 1. The van der Waals surface area contributed by atoms with Crippen LogP contribution in [-0.2, 0) is 4.79 Å². The maximum absolute atomic E-state index is 11.9. The Bertz CT molecular complexity index is 706. The van der Waals surface area contributed by atoms with Crippen LogP contribution in [0.3, 0.4) is 0 Å². The predicted molar refractivity (Wildman–Crippen MR) is 93.6 cm³/mol. The number of amides is 1. The minimum absolute atomic E-state index is 0.0606. The Hall–Kier alpha value is -2.29. The Morgan fingerprint density at radius 3 is 2.78 bits per heavy atom. The van der Waals surface area contributed by atoms with Crippen LogP contribution in [0.5, 0.6) is 5.75 Å². The second-order valence-corrected chi connectivity index (χ2v) is 6.01. The number of hydrogen-bond donors (Lipinski definition) is 1. The first kappa shape index (κ1) is 15.6. The van der Waals surface area contributed by atoms with E-state index in [0.29, 0.717) is 6.54 Å². The van der Waals surface area contributed by atoms with E-state index in [-0.39, 0.29) is 12.5 Å². The summed E-state index contributed by atoms with van der Waals surface area (Å²) in [6, 6.07) is 14.0. The maximum Gasteiger partial charge on any atom is 0.257 e. The maximum atomic E-state index is 11.9. The van der Waals surface area contributed by atoms with Gasteiger partial charge in [-0.3, -0.25) is 4.79 Å². The van der Waals surface area contributed by atoms with Gasteiger partial charge in [0.05, 0.1) is 0 Å². The third kappa shape index (κ3) is 4.59. The van der Waals surface area contributed by atoms with Gasteiger partial charge in [-0.2, -0.15) is 0 Å². The standard InChI is InChI=1S/C20H23NO2/c22-20(21-13-12-16-6-2-1-3-7-16)15-23-19-11-10-17-8-4-5-9-18(17)14-19/h4-6,8-11,14H,1-3,7,12-13,15H2,(H,21,22). The van der Waals surface area contributed by atoms with Gasteiger partial charge < -0.3 is 10.1 Å². The summed E-state index contributed by atoms with van der Waals surface area (Å²) in [6.45, 7) is 0.767. The highest BCUT2D eigenvalue weighted by atomic mass is 16.5. The molecule has 1 amide bonds. The molecule has 0 unspecified atom stereocenters. The molecule has 3 rings (SSSR count). The fourth-order valence-corrected chi connectivity index (χ4v) is 2.95. The van der Waals surface area contributed by atoms with E-state index < -0.39 is 0 Å². The first-order valence-corrected chi connectivity index (χ1v) is 8.37. The highest BCUT2D eigenvalue weighted by Crippen LogP contribution is 2.21. The summed E-state index contributed by atoms with van der Waals surface area (Å²) >= 11 is 0. The lowest BCUT2D eigenvalue weighted by molar-refractivity contribution is -0.123. The summed E-state index contributed by atoms with van der Waals surface area (Å²) in [7, 11) is 0. The van der Waals surface area contributed by atoms with Crippen molar-refractivity contribution in [2.24, 2.45) is 0 Å². The van der Waals surface area contributed by atoms with Crippen LogP contribution < -0.4 is 10.1 Å². The third-order valence-electron chi connectivity index (χ3n) is 4.24. The van der Waals surface area contributed by atoms with Gasteiger partial charge in [-0.1, -0.05) is 42.0 Å². The van der Waals surface area contributed by atoms with Crippen LogP contribution in [0.15, 0.2) is 54.1 Å². The smallest absolute Gasteiger partial charge is 0.257 e. The average molecular weight is 309 g/mol. The molecule has 0 aliphatic heterocycles. The van der Waals surface area contributed by atoms with Gasteiger partial charge in [0.1, 0.15) is 5.75 Å².